The highest BCUT2D eigenvalue weighted by Crippen LogP contribution is 2.46. The summed E-state index contributed by atoms with van der Waals surface area (Å²) in [5.74, 6) is -1.24. The van der Waals surface area contributed by atoms with Crippen molar-refractivity contribution in [3.8, 4) is 5.75 Å². The van der Waals surface area contributed by atoms with Gasteiger partial charge < -0.3 is 19.7 Å². The standard InChI is InChI=1S/C25H29F2N3O3/c26-18-10-21(25(22(27)11-18)33-14-17-4-2-1-3-5-17)20-12-23(20)28-13-24(31)30-8-6-29(7-9-30)19-15-32-16-19/h1-5,10-11,19-20,23,28H,6-9,12-16H2/t20-,23+/m0/s1. The Morgan fingerprint density at radius 3 is 2.55 bits per heavy atom. The Morgan fingerprint density at radius 1 is 1.09 bits per heavy atom. The van der Waals surface area contributed by atoms with Gasteiger partial charge in [0.2, 0.25) is 5.91 Å². The lowest BCUT2D eigenvalue weighted by atomic mass is 10.1. The van der Waals surface area contributed by atoms with Crippen LogP contribution in [0.4, 0.5) is 8.78 Å². The molecule has 3 fully saturated rings. The van der Waals surface area contributed by atoms with Gasteiger partial charge in [0.05, 0.1) is 25.8 Å². The monoisotopic (exact) mass is 457 g/mol. The first-order chi connectivity index (χ1) is 16.1. The number of ether oxygens (including phenoxy) is 2. The number of halogens is 2. The second-order valence-electron chi connectivity index (χ2n) is 9.02. The maximum Gasteiger partial charge on any atom is 0.236 e. The Kier molecular flexibility index (Phi) is 6.57. The minimum atomic E-state index is -0.697. The first-order valence-corrected chi connectivity index (χ1v) is 11.6. The van der Waals surface area contributed by atoms with Gasteiger partial charge in [0.1, 0.15) is 12.4 Å². The van der Waals surface area contributed by atoms with Crippen LogP contribution in [0.1, 0.15) is 23.5 Å². The molecule has 0 spiro atoms. The molecular weight excluding hydrogens is 428 g/mol. The molecule has 0 bridgehead atoms. The van der Waals surface area contributed by atoms with E-state index < -0.39 is 11.6 Å². The largest absolute Gasteiger partial charge is 0.486 e. The molecule has 0 aromatic heterocycles. The minimum absolute atomic E-state index is 0.00244. The molecule has 1 N–H and O–H groups in total. The van der Waals surface area contributed by atoms with Crippen LogP contribution in [-0.2, 0) is 16.1 Å². The molecule has 2 heterocycles. The zero-order valence-electron chi connectivity index (χ0n) is 18.5. The average molecular weight is 458 g/mol. The number of hydrogen-bond acceptors (Lipinski definition) is 5. The summed E-state index contributed by atoms with van der Waals surface area (Å²) >= 11 is 0. The van der Waals surface area contributed by atoms with Crippen molar-refractivity contribution in [1.82, 2.24) is 15.1 Å². The van der Waals surface area contributed by atoms with E-state index in [-0.39, 0.29) is 36.8 Å². The second-order valence-corrected chi connectivity index (χ2v) is 9.02. The lowest BCUT2D eigenvalue weighted by molar-refractivity contribution is -0.134. The van der Waals surface area contributed by atoms with Gasteiger partial charge in [-0.2, -0.15) is 0 Å². The summed E-state index contributed by atoms with van der Waals surface area (Å²) in [6.07, 6.45) is 0.716. The van der Waals surface area contributed by atoms with Crippen molar-refractivity contribution in [3.63, 3.8) is 0 Å². The highest BCUT2D eigenvalue weighted by molar-refractivity contribution is 5.78. The zero-order chi connectivity index (χ0) is 22.8. The third-order valence-electron chi connectivity index (χ3n) is 6.77. The summed E-state index contributed by atoms with van der Waals surface area (Å²) < 4.78 is 39.5. The molecule has 0 radical (unpaired) electrons. The molecule has 1 aliphatic carbocycles. The average Bonchev–Trinajstić information content (AvgIpc) is 3.56. The molecule has 2 aromatic rings. The van der Waals surface area contributed by atoms with Gasteiger partial charge in [-0.25, -0.2) is 8.78 Å². The fourth-order valence-electron chi connectivity index (χ4n) is 4.60. The molecule has 2 aliphatic heterocycles. The highest BCUT2D eigenvalue weighted by Gasteiger charge is 2.41. The van der Waals surface area contributed by atoms with Crippen molar-refractivity contribution in [2.45, 2.75) is 31.0 Å². The first kappa shape index (κ1) is 22.3. The van der Waals surface area contributed by atoms with Gasteiger partial charge >= 0.3 is 0 Å². The molecule has 0 unspecified atom stereocenters. The number of carbonyl (C=O) groups excluding carboxylic acids is 1. The fraction of sp³-hybridized carbons (Fsp3) is 0.480. The number of hydrogen-bond donors (Lipinski definition) is 1. The van der Waals surface area contributed by atoms with Crippen LogP contribution in [0, 0.1) is 11.6 Å². The topological polar surface area (TPSA) is 54.0 Å². The summed E-state index contributed by atoms with van der Waals surface area (Å²) in [7, 11) is 0. The lowest BCUT2D eigenvalue weighted by Crippen LogP contribution is -2.58. The van der Waals surface area contributed by atoms with Crippen molar-refractivity contribution in [1.29, 1.82) is 0 Å². The van der Waals surface area contributed by atoms with Gasteiger partial charge in [-0.1, -0.05) is 30.3 Å². The van der Waals surface area contributed by atoms with E-state index in [0.717, 1.165) is 51.0 Å². The Bertz CT molecular complexity index is 978. The molecule has 6 nitrogen and oxygen atoms in total. The van der Waals surface area contributed by atoms with Crippen LogP contribution >= 0.6 is 0 Å². The zero-order valence-corrected chi connectivity index (χ0v) is 18.5. The van der Waals surface area contributed by atoms with Crippen LogP contribution in [-0.4, -0.2) is 73.7 Å². The normalized spacial score (nSPS) is 23.3. The van der Waals surface area contributed by atoms with E-state index in [1.807, 2.05) is 35.2 Å². The maximum absolute atomic E-state index is 14.5. The molecule has 33 heavy (non-hydrogen) atoms. The van der Waals surface area contributed by atoms with Gasteiger partial charge in [-0.15, -0.1) is 0 Å². The van der Waals surface area contributed by atoms with Gasteiger partial charge in [-0.05, 0) is 18.1 Å². The summed E-state index contributed by atoms with van der Waals surface area (Å²) in [6, 6.07) is 12.2. The fourth-order valence-corrected chi connectivity index (χ4v) is 4.60. The lowest BCUT2D eigenvalue weighted by Gasteiger charge is -2.42. The van der Waals surface area contributed by atoms with Crippen LogP contribution in [0.5, 0.6) is 5.75 Å². The Morgan fingerprint density at radius 2 is 1.85 bits per heavy atom. The molecule has 1 amide bonds. The number of amides is 1. The van der Waals surface area contributed by atoms with E-state index in [9.17, 15) is 13.6 Å². The molecule has 2 aromatic carbocycles. The van der Waals surface area contributed by atoms with Crippen LogP contribution in [0.25, 0.3) is 0 Å². The molecule has 176 valence electrons. The molecule has 2 atom stereocenters. The highest BCUT2D eigenvalue weighted by atomic mass is 19.1. The van der Waals surface area contributed by atoms with E-state index in [4.69, 9.17) is 9.47 Å². The van der Waals surface area contributed by atoms with Gasteiger partial charge in [0, 0.05) is 49.8 Å². The third kappa shape index (κ3) is 5.18. The predicted octanol–water partition coefficient (Wildman–Crippen LogP) is 2.53. The van der Waals surface area contributed by atoms with Gasteiger partial charge in [0.25, 0.3) is 0 Å². The van der Waals surface area contributed by atoms with E-state index in [2.05, 4.69) is 10.2 Å². The number of nitrogens with one attached hydrogen (secondary N) is 1. The maximum atomic E-state index is 14.5. The van der Waals surface area contributed by atoms with Crippen molar-refractivity contribution in [3.05, 3.63) is 65.2 Å². The van der Waals surface area contributed by atoms with Crippen molar-refractivity contribution >= 4 is 5.91 Å². The van der Waals surface area contributed by atoms with E-state index in [1.54, 1.807) is 0 Å². The summed E-state index contributed by atoms with van der Waals surface area (Å²) in [5, 5.41) is 3.27. The molecular formula is C25H29F2N3O3. The van der Waals surface area contributed by atoms with E-state index in [0.29, 0.717) is 18.0 Å². The number of piperazine rings is 1. The number of nitrogens with zero attached hydrogens (tertiary/aromatic N) is 2. The number of rotatable bonds is 8. The van der Waals surface area contributed by atoms with Crippen molar-refractivity contribution in [2.75, 3.05) is 45.9 Å². The molecule has 1 saturated carbocycles. The van der Waals surface area contributed by atoms with E-state index in [1.165, 1.54) is 6.07 Å². The predicted molar refractivity (Wildman–Crippen MR) is 119 cm³/mol. The summed E-state index contributed by atoms with van der Waals surface area (Å²) in [6.45, 7) is 5.19. The molecule has 2 saturated heterocycles. The first-order valence-electron chi connectivity index (χ1n) is 11.6. The Labute approximate surface area is 192 Å². The smallest absolute Gasteiger partial charge is 0.236 e. The number of benzene rings is 2. The molecule has 8 heteroatoms. The van der Waals surface area contributed by atoms with Crippen molar-refractivity contribution in [2.24, 2.45) is 0 Å². The third-order valence-corrected chi connectivity index (χ3v) is 6.77. The van der Waals surface area contributed by atoms with E-state index >= 15 is 0 Å². The minimum Gasteiger partial charge on any atom is -0.486 e. The number of carbonyl (C=O) groups is 1. The van der Waals surface area contributed by atoms with Crippen LogP contribution in [0.2, 0.25) is 0 Å². The second kappa shape index (κ2) is 9.75. The van der Waals surface area contributed by atoms with Crippen molar-refractivity contribution < 1.29 is 23.0 Å². The Hall–Kier alpha value is -2.55. The van der Waals surface area contributed by atoms with Gasteiger partial charge in [-0.3, -0.25) is 9.69 Å². The van der Waals surface area contributed by atoms with Crippen LogP contribution in [0.15, 0.2) is 42.5 Å². The van der Waals surface area contributed by atoms with Crippen LogP contribution in [0.3, 0.4) is 0 Å². The quantitative estimate of drug-likeness (QED) is 0.660. The summed E-state index contributed by atoms with van der Waals surface area (Å²) in [4.78, 5) is 16.9. The molecule has 3 aliphatic rings. The Balaban J connectivity index is 1.14. The van der Waals surface area contributed by atoms with Gasteiger partial charge in [0.15, 0.2) is 11.6 Å². The summed E-state index contributed by atoms with van der Waals surface area (Å²) in [5.41, 5.74) is 1.43. The van der Waals surface area contributed by atoms with Crippen LogP contribution < -0.4 is 10.1 Å². The molecule has 5 rings (SSSR count). The SMILES string of the molecule is O=C(CN[C@@H]1C[C@H]1c1cc(F)cc(F)c1OCc1ccccc1)N1CCN(C2COC2)CC1.